The smallest absolute Gasteiger partial charge is 0.321 e. The molecule has 0 radical (unpaired) electrons. The van der Waals surface area contributed by atoms with E-state index >= 15 is 0 Å². The van der Waals surface area contributed by atoms with E-state index in [0.29, 0.717) is 12.1 Å². The maximum atomic E-state index is 5.25. The van der Waals surface area contributed by atoms with Gasteiger partial charge in [-0.3, -0.25) is 0 Å². The van der Waals surface area contributed by atoms with E-state index in [4.69, 9.17) is 4.52 Å². The van der Waals surface area contributed by atoms with E-state index in [-0.39, 0.29) is 5.41 Å². The lowest BCUT2D eigenvalue weighted by Crippen LogP contribution is -2.12. The molecule has 0 atom stereocenters. The second-order valence-electron chi connectivity index (χ2n) is 5.17. The summed E-state index contributed by atoms with van der Waals surface area (Å²) in [5, 5.41) is 7.27. The molecule has 94 valence electrons. The van der Waals surface area contributed by atoms with Gasteiger partial charge in [0.05, 0.1) is 5.41 Å². The Morgan fingerprint density at radius 2 is 1.94 bits per heavy atom. The molecule has 0 amide bonds. The molecule has 4 nitrogen and oxygen atoms in total. The lowest BCUT2D eigenvalue weighted by Gasteiger charge is -2.10. The highest BCUT2D eigenvalue weighted by atomic mass is 16.5. The number of nitrogens with zero attached hydrogens (tertiary/aromatic N) is 2. The topological polar surface area (TPSA) is 51.0 Å². The van der Waals surface area contributed by atoms with E-state index in [0.717, 1.165) is 18.7 Å². The molecule has 3 rings (SSSR count). The van der Waals surface area contributed by atoms with Gasteiger partial charge in [0.15, 0.2) is 5.82 Å². The van der Waals surface area contributed by atoms with Crippen LogP contribution in [0.5, 0.6) is 0 Å². The number of hydrogen-bond donors (Lipinski definition) is 1. The Morgan fingerprint density at radius 3 is 2.56 bits per heavy atom. The van der Waals surface area contributed by atoms with Crippen molar-refractivity contribution in [1.82, 2.24) is 10.1 Å². The molecule has 4 heteroatoms. The second kappa shape index (κ2) is 4.12. The van der Waals surface area contributed by atoms with Crippen LogP contribution >= 0.6 is 0 Å². The zero-order valence-corrected chi connectivity index (χ0v) is 10.7. The summed E-state index contributed by atoms with van der Waals surface area (Å²) >= 11 is 0. The van der Waals surface area contributed by atoms with Gasteiger partial charge < -0.3 is 9.84 Å². The molecule has 0 saturated heterocycles. The molecule has 1 aliphatic carbocycles. The Balaban J connectivity index is 1.89. The summed E-state index contributed by atoms with van der Waals surface area (Å²) in [4.78, 5) is 4.47. The van der Waals surface area contributed by atoms with E-state index in [1.165, 1.54) is 5.56 Å². The van der Waals surface area contributed by atoms with E-state index in [9.17, 15) is 0 Å². The van der Waals surface area contributed by atoms with Gasteiger partial charge in [0.25, 0.3) is 0 Å². The standard InChI is InChI=1S/C14H17N3O/c1-10(2)15-13-16-12(17-18-13)14(8-9-14)11-6-4-3-5-7-11/h3-7,10H,8-9H2,1-2H3,(H,15,16,17). The molecule has 18 heavy (non-hydrogen) atoms. The molecule has 0 spiro atoms. The number of rotatable bonds is 4. The number of hydrogen-bond acceptors (Lipinski definition) is 4. The van der Waals surface area contributed by atoms with Gasteiger partial charge >= 0.3 is 6.01 Å². The van der Waals surface area contributed by atoms with Gasteiger partial charge in [-0.25, -0.2) is 0 Å². The van der Waals surface area contributed by atoms with Gasteiger partial charge in [-0.2, -0.15) is 4.98 Å². The molecule has 1 saturated carbocycles. The summed E-state index contributed by atoms with van der Waals surface area (Å²) in [6.07, 6.45) is 2.19. The van der Waals surface area contributed by atoms with Gasteiger partial charge in [0, 0.05) is 6.04 Å². The van der Waals surface area contributed by atoms with Crippen LogP contribution in [-0.2, 0) is 5.41 Å². The molecule has 1 N–H and O–H groups in total. The lowest BCUT2D eigenvalue weighted by atomic mass is 9.95. The third kappa shape index (κ3) is 1.88. The van der Waals surface area contributed by atoms with Crippen molar-refractivity contribution in [2.24, 2.45) is 0 Å². The molecule has 1 aliphatic rings. The minimum atomic E-state index is -0.0122. The van der Waals surface area contributed by atoms with Gasteiger partial charge in [0.1, 0.15) is 0 Å². The Hall–Kier alpha value is -1.84. The second-order valence-corrected chi connectivity index (χ2v) is 5.17. The fourth-order valence-electron chi connectivity index (χ4n) is 2.25. The summed E-state index contributed by atoms with van der Waals surface area (Å²) in [6, 6.07) is 11.2. The Bertz CT molecular complexity index is 529. The Labute approximate surface area is 106 Å². The molecule has 1 heterocycles. The molecule has 0 bridgehead atoms. The van der Waals surface area contributed by atoms with Gasteiger partial charge in [0.2, 0.25) is 0 Å². The van der Waals surface area contributed by atoms with Crippen molar-refractivity contribution in [3.05, 3.63) is 41.7 Å². The molecule has 0 aliphatic heterocycles. The van der Waals surface area contributed by atoms with Crippen LogP contribution in [0.2, 0.25) is 0 Å². The lowest BCUT2D eigenvalue weighted by molar-refractivity contribution is 0.415. The van der Waals surface area contributed by atoms with E-state index in [1.807, 2.05) is 19.9 Å². The number of benzene rings is 1. The summed E-state index contributed by atoms with van der Waals surface area (Å²) in [5.41, 5.74) is 1.27. The average Bonchev–Trinajstić information content (AvgIpc) is 3.05. The van der Waals surface area contributed by atoms with E-state index in [2.05, 4.69) is 39.7 Å². The highest BCUT2D eigenvalue weighted by Gasteiger charge is 2.49. The summed E-state index contributed by atoms with van der Waals surface area (Å²) in [6.45, 7) is 4.10. The number of nitrogens with one attached hydrogen (secondary N) is 1. The maximum absolute atomic E-state index is 5.25. The van der Waals surface area contributed by atoms with Crippen LogP contribution in [0.15, 0.2) is 34.9 Å². The quantitative estimate of drug-likeness (QED) is 0.897. The number of anilines is 1. The highest BCUT2D eigenvalue weighted by Crippen LogP contribution is 2.52. The maximum Gasteiger partial charge on any atom is 0.321 e. The third-order valence-electron chi connectivity index (χ3n) is 3.34. The largest absolute Gasteiger partial charge is 0.336 e. The first-order valence-electron chi connectivity index (χ1n) is 6.37. The first-order valence-corrected chi connectivity index (χ1v) is 6.37. The van der Waals surface area contributed by atoms with Crippen LogP contribution in [0, 0.1) is 0 Å². The molecule has 1 aromatic carbocycles. The van der Waals surface area contributed by atoms with Crippen LogP contribution in [0.25, 0.3) is 0 Å². The summed E-state index contributed by atoms with van der Waals surface area (Å²) in [5.74, 6) is 0.803. The molecule has 0 unspecified atom stereocenters. The fourth-order valence-corrected chi connectivity index (χ4v) is 2.25. The van der Waals surface area contributed by atoms with Crippen LogP contribution in [0.3, 0.4) is 0 Å². The molecular formula is C14H17N3O. The van der Waals surface area contributed by atoms with Crippen molar-refractivity contribution in [3.8, 4) is 0 Å². The molecule has 2 aromatic rings. The van der Waals surface area contributed by atoms with Crippen LogP contribution in [0.1, 0.15) is 38.1 Å². The zero-order valence-electron chi connectivity index (χ0n) is 10.7. The van der Waals surface area contributed by atoms with Crippen LogP contribution in [-0.4, -0.2) is 16.2 Å². The van der Waals surface area contributed by atoms with E-state index < -0.39 is 0 Å². The summed E-state index contributed by atoms with van der Waals surface area (Å²) < 4.78 is 5.25. The number of aromatic nitrogens is 2. The minimum absolute atomic E-state index is 0.0122. The van der Waals surface area contributed by atoms with Crippen LogP contribution in [0.4, 0.5) is 6.01 Å². The summed E-state index contributed by atoms with van der Waals surface area (Å²) in [7, 11) is 0. The average molecular weight is 243 g/mol. The van der Waals surface area contributed by atoms with Crippen molar-refractivity contribution in [1.29, 1.82) is 0 Å². The Kier molecular flexibility index (Phi) is 2.58. The SMILES string of the molecule is CC(C)Nc1nc(C2(c3ccccc3)CC2)no1. The monoisotopic (exact) mass is 243 g/mol. The van der Waals surface area contributed by atoms with Gasteiger partial charge in [-0.1, -0.05) is 35.5 Å². The highest BCUT2D eigenvalue weighted by molar-refractivity contribution is 5.40. The van der Waals surface area contributed by atoms with Crippen molar-refractivity contribution >= 4 is 6.01 Å². The fraction of sp³-hybridized carbons (Fsp3) is 0.429. The van der Waals surface area contributed by atoms with Gasteiger partial charge in [-0.15, -0.1) is 0 Å². The van der Waals surface area contributed by atoms with Crippen LogP contribution < -0.4 is 5.32 Å². The predicted octanol–water partition coefficient (Wildman–Crippen LogP) is 2.97. The first-order chi connectivity index (χ1) is 8.71. The third-order valence-corrected chi connectivity index (χ3v) is 3.34. The first kappa shape index (κ1) is 11.3. The predicted molar refractivity (Wildman–Crippen MR) is 69.5 cm³/mol. The zero-order chi connectivity index (χ0) is 12.6. The van der Waals surface area contributed by atoms with Crippen molar-refractivity contribution in [2.45, 2.75) is 38.1 Å². The molecular weight excluding hydrogens is 226 g/mol. The van der Waals surface area contributed by atoms with Crippen molar-refractivity contribution in [2.75, 3.05) is 5.32 Å². The van der Waals surface area contributed by atoms with Gasteiger partial charge in [-0.05, 0) is 32.3 Å². The molecule has 1 aromatic heterocycles. The van der Waals surface area contributed by atoms with Crippen molar-refractivity contribution < 1.29 is 4.52 Å². The minimum Gasteiger partial charge on any atom is -0.336 e. The van der Waals surface area contributed by atoms with E-state index in [1.54, 1.807) is 0 Å². The van der Waals surface area contributed by atoms with Crippen molar-refractivity contribution in [3.63, 3.8) is 0 Å². The molecule has 1 fully saturated rings. The normalized spacial score (nSPS) is 16.8. The Morgan fingerprint density at radius 1 is 1.22 bits per heavy atom.